The number of benzene rings is 2. The van der Waals surface area contributed by atoms with E-state index in [2.05, 4.69) is 80.7 Å². The lowest BCUT2D eigenvalue weighted by molar-refractivity contribution is 0.196. The van der Waals surface area contributed by atoms with Gasteiger partial charge in [0.05, 0.1) is 0 Å². The predicted octanol–water partition coefficient (Wildman–Crippen LogP) is 5.05. The molecule has 1 heteroatoms. The van der Waals surface area contributed by atoms with Crippen LogP contribution in [0.5, 0.6) is 0 Å². The van der Waals surface area contributed by atoms with Crippen molar-refractivity contribution in [2.45, 2.75) is 45.7 Å². The second-order valence-corrected chi connectivity index (χ2v) is 6.92. The summed E-state index contributed by atoms with van der Waals surface area (Å²) in [5, 5.41) is 3.88. The molecule has 0 aromatic heterocycles. The first kappa shape index (κ1) is 14.3. The Labute approximate surface area is 128 Å². The number of hydrogen-bond donors (Lipinski definition) is 1. The molecule has 0 saturated carbocycles. The third-order valence-electron chi connectivity index (χ3n) is 4.90. The van der Waals surface area contributed by atoms with E-state index in [-0.39, 0.29) is 5.41 Å². The zero-order valence-corrected chi connectivity index (χ0v) is 13.3. The SMILES string of the molecule is C[C@@H](NC1c2ccccc2CCC1(C)C)c1ccccc1. The molecule has 2 aromatic rings. The van der Waals surface area contributed by atoms with E-state index in [1.54, 1.807) is 0 Å². The molecule has 0 heterocycles. The molecule has 1 aliphatic carbocycles. The van der Waals surface area contributed by atoms with E-state index in [4.69, 9.17) is 0 Å². The van der Waals surface area contributed by atoms with Crippen molar-refractivity contribution in [3.05, 3.63) is 71.3 Å². The highest BCUT2D eigenvalue weighted by Crippen LogP contribution is 2.44. The van der Waals surface area contributed by atoms with Crippen LogP contribution in [0.1, 0.15) is 56.0 Å². The lowest BCUT2D eigenvalue weighted by Crippen LogP contribution is -2.39. The molecular weight excluding hydrogens is 254 g/mol. The van der Waals surface area contributed by atoms with Gasteiger partial charge in [0.1, 0.15) is 0 Å². The van der Waals surface area contributed by atoms with Gasteiger partial charge in [-0.3, -0.25) is 0 Å². The molecule has 0 aliphatic heterocycles. The summed E-state index contributed by atoms with van der Waals surface area (Å²) in [6.45, 7) is 7.04. The standard InChI is InChI=1S/C20H25N/c1-15(16-9-5-4-6-10-16)21-19-18-12-8-7-11-17(18)13-14-20(19,2)3/h4-12,15,19,21H,13-14H2,1-3H3/t15-,19?/m1/s1. The molecule has 0 bridgehead atoms. The number of nitrogens with one attached hydrogen (secondary N) is 1. The van der Waals surface area contributed by atoms with E-state index >= 15 is 0 Å². The van der Waals surface area contributed by atoms with Crippen molar-refractivity contribution in [2.75, 3.05) is 0 Å². The molecule has 1 nitrogen and oxygen atoms in total. The fourth-order valence-corrected chi connectivity index (χ4v) is 3.47. The van der Waals surface area contributed by atoms with E-state index in [1.807, 2.05) is 0 Å². The molecule has 0 amide bonds. The van der Waals surface area contributed by atoms with E-state index in [0.717, 1.165) is 0 Å². The zero-order chi connectivity index (χ0) is 14.9. The van der Waals surface area contributed by atoms with Gasteiger partial charge in [-0.15, -0.1) is 0 Å². The highest BCUT2D eigenvalue weighted by molar-refractivity contribution is 5.34. The number of aryl methyl sites for hydroxylation is 1. The summed E-state index contributed by atoms with van der Waals surface area (Å²) in [5.74, 6) is 0. The Hall–Kier alpha value is -1.60. The molecule has 0 saturated heterocycles. The Morgan fingerprint density at radius 2 is 1.67 bits per heavy atom. The van der Waals surface area contributed by atoms with Crippen molar-refractivity contribution in [3.8, 4) is 0 Å². The summed E-state index contributed by atoms with van der Waals surface area (Å²) in [6.07, 6.45) is 2.43. The predicted molar refractivity (Wildman–Crippen MR) is 89.3 cm³/mol. The van der Waals surface area contributed by atoms with Crippen molar-refractivity contribution in [3.63, 3.8) is 0 Å². The molecule has 0 spiro atoms. The average Bonchev–Trinajstić information content (AvgIpc) is 2.51. The lowest BCUT2D eigenvalue weighted by atomic mass is 9.70. The Bertz CT molecular complexity index is 600. The Kier molecular flexibility index (Phi) is 3.86. The van der Waals surface area contributed by atoms with Gasteiger partial charge in [-0.05, 0) is 41.9 Å². The highest BCUT2D eigenvalue weighted by atomic mass is 15.0. The second-order valence-electron chi connectivity index (χ2n) is 6.92. The molecule has 1 N–H and O–H groups in total. The average molecular weight is 279 g/mol. The van der Waals surface area contributed by atoms with Gasteiger partial charge in [0.15, 0.2) is 0 Å². The minimum atomic E-state index is 0.289. The van der Waals surface area contributed by atoms with Crippen molar-refractivity contribution < 1.29 is 0 Å². The van der Waals surface area contributed by atoms with Crippen LogP contribution in [0.3, 0.4) is 0 Å². The number of rotatable bonds is 3. The van der Waals surface area contributed by atoms with Crippen LogP contribution in [0.2, 0.25) is 0 Å². The highest BCUT2D eigenvalue weighted by Gasteiger charge is 2.36. The summed E-state index contributed by atoms with van der Waals surface area (Å²) in [4.78, 5) is 0. The molecule has 3 rings (SSSR count). The zero-order valence-electron chi connectivity index (χ0n) is 13.3. The fraction of sp³-hybridized carbons (Fsp3) is 0.400. The van der Waals surface area contributed by atoms with Crippen LogP contribution in [-0.4, -0.2) is 0 Å². The van der Waals surface area contributed by atoms with Crippen LogP contribution in [0.25, 0.3) is 0 Å². The Morgan fingerprint density at radius 3 is 2.43 bits per heavy atom. The van der Waals surface area contributed by atoms with Crippen LogP contribution in [0.4, 0.5) is 0 Å². The van der Waals surface area contributed by atoms with Gasteiger partial charge >= 0.3 is 0 Å². The van der Waals surface area contributed by atoms with Gasteiger partial charge in [-0.1, -0.05) is 68.4 Å². The normalized spacial score (nSPS) is 21.6. The lowest BCUT2D eigenvalue weighted by Gasteiger charge is -2.42. The van der Waals surface area contributed by atoms with Crippen molar-refractivity contribution in [2.24, 2.45) is 5.41 Å². The minimum Gasteiger partial charge on any atom is -0.303 e. The van der Waals surface area contributed by atoms with Gasteiger partial charge in [0, 0.05) is 12.1 Å². The number of fused-ring (bicyclic) bond motifs is 1. The van der Waals surface area contributed by atoms with Gasteiger partial charge in [-0.2, -0.15) is 0 Å². The van der Waals surface area contributed by atoms with E-state index in [1.165, 1.54) is 29.5 Å². The third kappa shape index (κ3) is 2.89. The smallest absolute Gasteiger partial charge is 0.0379 e. The Balaban J connectivity index is 1.89. The van der Waals surface area contributed by atoms with Gasteiger partial charge in [0.25, 0.3) is 0 Å². The number of hydrogen-bond acceptors (Lipinski definition) is 1. The van der Waals surface area contributed by atoms with Crippen molar-refractivity contribution in [1.82, 2.24) is 5.32 Å². The maximum atomic E-state index is 3.88. The summed E-state index contributed by atoms with van der Waals surface area (Å²) < 4.78 is 0. The first-order valence-corrected chi connectivity index (χ1v) is 7.97. The molecule has 0 radical (unpaired) electrons. The second kappa shape index (κ2) is 5.65. The van der Waals surface area contributed by atoms with Crippen LogP contribution >= 0.6 is 0 Å². The molecule has 0 fully saturated rings. The topological polar surface area (TPSA) is 12.0 Å². The van der Waals surface area contributed by atoms with E-state index in [0.29, 0.717) is 12.1 Å². The van der Waals surface area contributed by atoms with Gasteiger partial charge in [0.2, 0.25) is 0 Å². The van der Waals surface area contributed by atoms with Crippen LogP contribution in [0, 0.1) is 5.41 Å². The van der Waals surface area contributed by atoms with Crippen LogP contribution in [-0.2, 0) is 6.42 Å². The summed E-state index contributed by atoms with van der Waals surface area (Å²) in [7, 11) is 0. The van der Waals surface area contributed by atoms with E-state index < -0.39 is 0 Å². The summed E-state index contributed by atoms with van der Waals surface area (Å²) in [5.41, 5.74) is 4.64. The largest absolute Gasteiger partial charge is 0.303 e. The third-order valence-corrected chi connectivity index (χ3v) is 4.90. The molecular formula is C20H25N. The van der Waals surface area contributed by atoms with E-state index in [9.17, 15) is 0 Å². The van der Waals surface area contributed by atoms with Gasteiger partial charge < -0.3 is 5.32 Å². The monoisotopic (exact) mass is 279 g/mol. The molecule has 110 valence electrons. The van der Waals surface area contributed by atoms with Crippen LogP contribution < -0.4 is 5.32 Å². The molecule has 1 aliphatic rings. The molecule has 21 heavy (non-hydrogen) atoms. The molecule has 1 unspecified atom stereocenters. The van der Waals surface area contributed by atoms with Crippen molar-refractivity contribution in [1.29, 1.82) is 0 Å². The summed E-state index contributed by atoms with van der Waals surface area (Å²) >= 11 is 0. The first-order chi connectivity index (χ1) is 10.1. The fourth-order valence-electron chi connectivity index (χ4n) is 3.47. The Morgan fingerprint density at radius 1 is 1.00 bits per heavy atom. The molecule has 2 atom stereocenters. The van der Waals surface area contributed by atoms with Crippen LogP contribution in [0.15, 0.2) is 54.6 Å². The minimum absolute atomic E-state index is 0.289. The van der Waals surface area contributed by atoms with Gasteiger partial charge in [-0.25, -0.2) is 0 Å². The molecule has 2 aromatic carbocycles. The summed E-state index contributed by atoms with van der Waals surface area (Å²) in [6, 6.07) is 20.4. The maximum absolute atomic E-state index is 3.88. The maximum Gasteiger partial charge on any atom is 0.0379 e. The quantitative estimate of drug-likeness (QED) is 0.829. The van der Waals surface area contributed by atoms with Crippen molar-refractivity contribution >= 4 is 0 Å². The first-order valence-electron chi connectivity index (χ1n) is 7.97.